The second kappa shape index (κ2) is 8.22. The molecule has 2 aliphatic rings. The van der Waals surface area contributed by atoms with Crippen molar-refractivity contribution in [2.75, 3.05) is 12.3 Å². The van der Waals surface area contributed by atoms with Crippen molar-refractivity contribution in [3.8, 4) is 0 Å². The molecule has 0 bridgehead atoms. The number of anilines is 1. The van der Waals surface area contributed by atoms with E-state index in [1.165, 1.54) is 12.1 Å². The molecule has 4 rings (SSSR count). The zero-order valence-corrected chi connectivity index (χ0v) is 18.3. The van der Waals surface area contributed by atoms with E-state index in [0.29, 0.717) is 34.3 Å². The van der Waals surface area contributed by atoms with Crippen LogP contribution >= 0.6 is 0 Å². The minimum atomic E-state index is -4.45. The topological polar surface area (TPSA) is 77.6 Å². The number of halogens is 3. The normalized spacial score (nSPS) is 22.6. The maximum Gasteiger partial charge on any atom is 0.416 e. The van der Waals surface area contributed by atoms with Crippen LogP contribution in [-0.2, 0) is 28.5 Å². The lowest BCUT2D eigenvalue weighted by atomic mass is 9.74. The number of ether oxygens (including phenoxy) is 1. The standard InChI is InChI=1S/C24H26F3N3O2/c1-4-32-23(31)18-13(3)29-22-20(21(28)16-11-12(2)5-10-17(16)30-22)19(18)14-6-8-15(9-7-14)24(25,26)27/h6-9,12,18-19H,4-5,10-11H2,1-3H3,(H2,28,30). The summed E-state index contributed by atoms with van der Waals surface area (Å²) in [7, 11) is 0. The molecule has 2 aromatic rings. The SMILES string of the molecule is CCOC(=O)C1C(C)=Nc2nc3c(c(N)c2C1c1ccc(C(F)(F)F)cc1)CC(C)CC3. The maximum atomic E-state index is 13.1. The van der Waals surface area contributed by atoms with Gasteiger partial charge in [0.1, 0.15) is 5.92 Å². The Morgan fingerprint density at radius 1 is 1.25 bits per heavy atom. The largest absolute Gasteiger partial charge is 0.465 e. The first kappa shape index (κ1) is 22.3. The number of aryl methyl sites for hydroxylation is 1. The number of nitrogens with two attached hydrogens (primary N) is 1. The van der Waals surface area contributed by atoms with Crippen LogP contribution in [0.25, 0.3) is 0 Å². The number of nitrogens with zero attached hydrogens (tertiary/aromatic N) is 2. The van der Waals surface area contributed by atoms with Crippen molar-refractivity contribution in [1.82, 2.24) is 4.98 Å². The van der Waals surface area contributed by atoms with Crippen molar-refractivity contribution in [2.24, 2.45) is 16.8 Å². The molecule has 0 radical (unpaired) electrons. The summed E-state index contributed by atoms with van der Waals surface area (Å²) in [5, 5.41) is 0. The van der Waals surface area contributed by atoms with Crippen LogP contribution in [0, 0.1) is 11.8 Å². The number of hydrogen-bond acceptors (Lipinski definition) is 5. The minimum Gasteiger partial charge on any atom is -0.465 e. The second-order valence-electron chi connectivity index (χ2n) is 8.62. The monoisotopic (exact) mass is 445 g/mol. The third kappa shape index (κ3) is 3.87. The molecule has 1 aromatic heterocycles. The molecule has 1 aromatic carbocycles. The van der Waals surface area contributed by atoms with Gasteiger partial charge < -0.3 is 10.5 Å². The van der Waals surface area contributed by atoms with E-state index in [4.69, 9.17) is 15.5 Å². The molecule has 0 saturated heterocycles. The van der Waals surface area contributed by atoms with Crippen molar-refractivity contribution in [3.05, 3.63) is 52.2 Å². The van der Waals surface area contributed by atoms with Crippen LogP contribution in [0.5, 0.6) is 0 Å². The Balaban J connectivity index is 1.91. The summed E-state index contributed by atoms with van der Waals surface area (Å²) in [6.45, 7) is 5.77. The number of alkyl halides is 3. The number of hydrogen-bond donors (Lipinski definition) is 1. The molecule has 0 fully saturated rings. The van der Waals surface area contributed by atoms with Crippen molar-refractivity contribution in [2.45, 2.75) is 52.1 Å². The Kier molecular flexibility index (Phi) is 5.73. The number of carbonyl (C=O) groups is 1. The fourth-order valence-corrected chi connectivity index (χ4v) is 4.78. The highest BCUT2D eigenvalue weighted by molar-refractivity contribution is 6.05. The number of benzene rings is 1. The zero-order chi connectivity index (χ0) is 23.2. The summed E-state index contributed by atoms with van der Waals surface area (Å²) >= 11 is 0. The first-order valence-corrected chi connectivity index (χ1v) is 10.8. The molecule has 32 heavy (non-hydrogen) atoms. The fourth-order valence-electron chi connectivity index (χ4n) is 4.78. The van der Waals surface area contributed by atoms with Crippen LogP contribution in [-0.4, -0.2) is 23.3 Å². The van der Waals surface area contributed by atoms with Gasteiger partial charge in [-0.05, 0) is 62.3 Å². The lowest BCUT2D eigenvalue weighted by Crippen LogP contribution is -2.34. The number of esters is 1. The highest BCUT2D eigenvalue weighted by Gasteiger charge is 2.42. The summed E-state index contributed by atoms with van der Waals surface area (Å²) in [5.74, 6) is -1.00. The van der Waals surface area contributed by atoms with Crippen molar-refractivity contribution < 1.29 is 22.7 Å². The number of aliphatic imine (C=N–C) groups is 1. The van der Waals surface area contributed by atoms with Gasteiger partial charge in [0, 0.05) is 28.6 Å². The average Bonchev–Trinajstić information content (AvgIpc) is 2.73. The third-order valence-corrected chi connectivity index (χ3v) is 6.39. The number of carbonyl (C=O) groups excluding carboxylic acids is 1. The van der Waals surface area contributed by atoms with E-state index in [0.717, 1.165) is 42.7 Å². The van der Waals surface area contributed by atoms with Gasteiger partial charge >= 0.3 is 12.1 Å². The van der Waals surface area contributed by atoms with Crippen LogP contribution in [0.1, 0.15) is 61.1 Å². The van der Waals surface area contributed by atoms with Crippen LogP contribution in [0.2, 0.25) is 0 Å². The number of pyridine rings is 1. The first-order chi connectivity index (χ1) is 15.1. The molecule has 1 aliphatic heterocycles. The molecule has 1 aliphatic carbocycles. The molecule has 0 amide bonds. The molecule has 0 spiro atoms. The first-order valence-electron chi connectivity index (χ1n) is 10.8. The van der Waals surface area contributed by atoms with Crippen LogP contribution < -0.4 is 5.73 Å². The lowest BCUT2D eigenvalue weighted by molar-refractivity contribution is -0.146. The van der Waals surface area contributed by atoms with E-state index < -0.39 is 29.5 Å². The number of rotatable bonds is 3. The van der Waals surface area contributed by atoms with E-state index in [1.54, 1.807) is 13.8 Å². The van der Waals surface area contributed by atoms with E-state index in [9.17, 15) is 18.0 Å². The Hall–Kier alpha value is -2.90. The highest BCUT2D eigenvalue weighted by Crippen LogP contribution is 2.48. The molecule has 2 N–H and O–H groups in total. The van der Waals surface area contributed by atoms with E-state index in [1.807, 2.05) is 0 Å². The number of fused-ring (bicyclic) bond motifs is 2. The van der Waals surface area contributed by atoms with Gasteiger partial charge in [-0.3, -0.25) is 4.79 Å². The molecular weight excluding hydrogens is 419 g/mol. The summed E-state index contributed by atoms with van der Waals surface area (Å²) in [6.07, 6.45) is -1.87. The van der Waals surface area contributed by atoms with Gasteiger partial charge in [0.05, 0.1) is 12.2 Å². The zero-order valence-electron chi connectivity index (χ0n) is 18.3. The van der Waals surface area contributed by atoms with Gasteiger partial charge in [-0.2, -0.15) is 13.2 Å². The van der Waals surface area contributed by atoms with Crippen LogP contribution in [0.3, 0.4) is 0 Å². The van der Waals surface area contributed by atoms with E-state index in [2.05, 4.69) is 11.9 Å². The molecule has 0 saturated carbocycles. The summed E-state index contributed by atoms with van der Waals surface area (Å²) in [4.78, 5) is 22.3. The molecule has 3 unspecified atom stereocenters. The summed E-state index contributed by atoms with van der Waals surface area (Å²) < 4.78 is 44.7. The third-order valence-electron chi connectivity index (χ3n) is 6.39. The van der Waals surface area contributed by atoms with Gasteiger partial charge in [-0.15, -0.1) is 0 Å². The second-order valence-corrected chi connectivity index (χ2v) is 8.62. The number of nitrogen functional groups attached to an aromatic ring is 1. The Morgan fingerprint density at radius 2 is 1.94 bits per heavy atom. The van der Waals surface area contributed by atoms with Crippen molar-refractivity contribution in [3.63, 3.8) is 0 Å². The molecule has 170 valence electrons. The molecule has 3 atom stereocenters. The van der Waals surface area contributed by atoms with Gasteiger partial charge in [0.2, 0.25) is 0 Å². The van der Waals surface area contributed by atoms with Crippen molar-refractivity contribution in [1.29, 1.82) is 0 Å². The van der Waals surface area contributed by atoms with Gasteiger partial charge in [-0.1, -0.05) is 19.1 Å². The average molecular weight is 445 g/mol. The maximum absolute atomic E-state index is 13.1. The predicted molar refractivity (Wildman–Crippen MR) is 116 cm³/mol. The molecular formula is C24H26F3N3O2. The molecule has 5 nitrogen and oxygen atoms in total. The van der Waals surface area contributed by atoms with Crippen LogP contribution in [0.15, 0.2) is 29.3 Å². The smallest absolute Gasteiger partial charge is 0.416 e. The van der Waals surface area contributed by atoms with Crippen LogP contribution in [0.4, 0.5) is 24.7 Å². The molecule has 8 heteroatoms. The van der Waals surface area contributed by atoms with Gasteiger partial charge in [0.25, 0.3) is 0 Å². The summed E-state index contributed by atoms with van der Waals surface area (Å²) in [5.41, 5.74) is 9.96. The minimum absolute atomic E-state index is 0.185. The van der Waals surface area contributed by atoms with E-state index >= 15 is 0 Å². The fraction of sp³-hybridized carbons (Fsp3) is 0.458. The van der Waals surface area contributed by atoms with Gasteiger partial charge in [0.15, 0.2) is 5.82 Å². The highest BCUT2D eigenvalue weighted by atomic mass is 19.4. The number of aromatic nitrogens is 1. The summed E-state index contributed by atoms with van der Waals surface area (Å²) in [6, 6.07) is 4.87. The lowest BCUT2D eigenvalue weighted by Gasteiger charge is -2.34. The Labute approximate surface area is 184 Å². The molecule has 2 heterocycles. The Morgan fingerprint density at radius 3 is 2.56 bits per heavy atom. The Bertz CT molecular complexity index is 1080. The van der Waals surface area contributed by atoms with Gasteiger partial charge in [-0.25, -0.2) is 9.98 Å². The van der Waals surface area contributed by atoms with Crippen molar-refractivity contribution >= 4 is 23.2 Å². The predicted octanol–water partition coefficient (Wildman–Crippen LogP) is 5.22. The van der Waals surface area contributed by atoms with E-state index in [-0.39, 0.29) is 6.61 Å². The quantitative estimate of drug-likeness (QED) is 0.657.